The third-order valence-corrected chi connectivity index (χ3v) is 4.60. The zero-order chi connectivity index (χ0) is 19.5. The van der Waals surface area contributed by atoms with E-state index in [9.17, 15) is 28.2 Å². The number of aliphatic hydroxyl groups excluding tert-OH is 1. The van der Waals surface area contributed by atoms with Gasteiger partial charge in [0.1, 0.15) is 5.54 Å². The maximum Gasteiger partial charge on any atom is 0.416 e. The minimum absolute atomic E-state index is 0.142. The van der Waals surface area contributed by atoms with E-state index >= 15 is 0 Å². The molecule has 26 heavy (non-hydrogen) atoms. The maximum absolute atomic E-state index is 12.9. The van der Waals surface area contributed by atoms with Crippen molar-refractivity contribution in [3.05, 3.63) is 70.2 Å². The van der Waals surface area contributed by atoms with E-state index in [1.807, 2.05) is 0 Å². The van der Waals surface area contributed by atoms with Gasteiger partial charge in [0.05, 0.1) is 12.2 Å². The number of carboxylic acids is 1. The number of alkyl halides is 3. The van der Waals surface area contributed by atoms with Gasteiger partial charge in [-0.25, -0.2) is 0 Å². The van der Waals surface area contributed by atoms with E-state index in [1.165, 1.54) is 18.2 Å². The van der Waals surface area contributed by atoms with Crippen molar-refractivity contribution < 1.29 is 28.2 Å². The molecule has 2 atom stereocenters. The largest absolute Gasteiger partial charge is 0.480 e. The minimum Gasteiger partial charge on any atom is -0.480 e. The number of carboxylic acid groups (broad SMARTS) is 1. The van der Waals surface area contributed by atoms with Gasteiger partial charge < -0.3 is 15.9 Å². The molecule has 0 saturated heterocycles. The fraction of sp³-hybridized carbons (Fsp3) is 0.278. The molecule has 0 bridgehead atoms. The van der Waals surface area contributed by atoms with Crippen molar-refractivity contribution in [2.24, 2.45) is 5.73 Å². The zero-order valence-electron chi connectivity index (χ0n) is 13.5. The molecule has 0 fully saturated rings. The van der Waals surface area contributed by atoms with Crippen LogP contribution in [0.2, 0.25) is 5.02 Å². The Balaban J connectivity index is 2.53. The van der Waals surface area contributed by atoms with E-state index in [1.54, 1.807) is 18.2 Å². The summed E-state index contributed by atoms with van der Waals surface area (Å²) in [6.07, 6.45) is -4.67. The van der Waals surface area contributed by atoms with Crippen LogP contribution < -0.4 is 5.73 Å². The Kier molecular flexibility index (Phi) is 5.95. The number of aliphatic carboxylic acids is 1. The van der Waals surface area contributed by atoms with Crippen LogP contribution in [0.4, 0.5) is 13.2 Å². The lowest BCUT2D eigenvalue weighted by molar-refractivity contribution is -0.146. The second-order valence-electron chi connectivity index (χ2n) is 5.98. The second-order valence-corrected chi connectivity index (χ2v) is 6.39. The van der Waals surface area contributed by atoms with E-state index in [2.05, 4.69) is 0 Å². The van der Waals surface area contributed by atoms with Crippen LogP contribution in [0.5, 0.6) is 0 Å². The number of hydrogen-bond acceptors (Lipinski definition) is 3. The summed E-state index contributed by atoms with van der Waals surface area (Å²) in [4.78, 5) is 11.7. The number of halogens is 4. The van der Waals surface area contributed by atoms with Crippen LogP contribution >= 0.6 is 11.6 Å². The van der Waals surface area contributed by atoms with Crippen LogP contribution in [-0.4, -0.2) is 28.3 Å². The topological polar surface area (TPSA) is 83.5 Å². The number of benzene rings is 2. The average molecular weight is 388 g/mol. The predicted octanol–water partition coefficient (Wildman–Crippen LogP) is 3.46. The van der Waals surface area contributed by atoms with Crippen LogP contribution in [0.3, 0.4) is 0 Å². The van der Waals surface area contributed by atoms with Crippen LogP contribution in [0.15, 0.2) is 48.5 Å². The van der Waals surface area contributed by atoms with Crippen molar-refractivity contribution in [3.63, 3.8) is 0 Å². The molecule has 0 heterocycles. The summed E-state index contributed by atoms with van der Waals surface area (Å²) in [5, 5.41) is 19.3. The Labute approximate surface area is 153 Å². The van der Waals surface area contributed by atoms with Gasteiger partial charge in [0, 0.05) is 10.9 Å². The molecule has 0 aliphatic rings. The summed E-state index contributed by atoms with van der Waals surface area (Å²) >= 11 is 6.15. The minimum atomic E-state index is -4.53. The lowest BCUT2D eigenvalue weighted by atomic mass is 9.76. The van der Waals surface area contributed by atoms with Gasteiger partial charge in [-0.05, 0) is 29.7 Å². The molecule has 0 amide bonds. The first-order valence-electron chi connectivity index (χ1n) is 7.63. The molecule has 0 radical (unpaired) electrons. The van der Waals surface area contributed by atoms with Gasteiger partial charge in [-0.3, -0.25) is 4.79 Å². The molecule has 2 rings (SSSR count). The third-order valence-electron chi connectivity index (χ3n) is 4.26. The Morgan fingerprint density at radius 2 is 1.81 bits per heavy atom. The summed E-state index contributed by atoms with van der Waals surface area (Å²) in [6.45, 7) is -0.906. The van der Waals surface area contributed by atoms with Gasteiger partial charge in [0.15, 0.2) is 0 Å². The molecule has 0 aromatic heterocycles. The van der Waals surface area contributed by atoms with Gasteiger partial charge in [-0.15, -0.1) is 0 Å². The van der Waals surface area contributed by atoms with Crippen molar-refractivity contribution >= 4 is 17.6 Å². The Morgan fingerprint density at radius 1 is 1.15 bits per heavy atom. The summed E-state index contributed by atoms with van der Waals surface area (Å²) in [5.41, 5.74) is 3.53. The van der Waals surface area contributed by atoms with Crippen molar-refractivity contribution in [1.82, 2.24) is 0 Å². The Bertz CT molecular complexity index is 797. The number of aliphatic hydroxyl groups is 1. The van der Waals surface area contributed by atoms with Gasteiger partial charge in [0.2, 0.25) is 0 Å². The van der Waals surface area contributed by atoms with Crippen LogP contribution in [0.1, 0.15) is 22.6 Å². The standard InChI is InChI=1S/C18H17ClF3NO3/c19-15-7-2-1-6-13(15)14(17(23,10-24)16(25)26)9-11-4-3-5-12(8-11)18(20,21)22/h1-8,14,24H,9-10,23H2,(H,25,26). The summed E-state index contributed by atoms with van der Waals surface area (Å²) < 4.78 is 38.8. The summed E-state index contributed by atoms with van der Waals surface area (Å²) in [7, 11) is 0. The molecular formula is C18H17ClF3NO3. The molecule has 2 unspecified atom stereocenters. The highest BCUT2D eigenvalue weighted by Gasteiger charge is 2.43. The molecule has 2 aromatic carbocycles. The van der Waals surface area contributed by atoms with Crippen LogP contribution in [0.25, 0.3) is 0 Å². The third kappa shape index (κ3) is 4.17. The Morgan fingerprint density at radius 3 is 2.35 bits per heavy atom. The molecule has 0 aliphatic carbocycles. The lowest BCUT2D eigenvalue weighted by Crippen LogP contribution is -2.56. The van der Waals surface area contributed by atoms with E-state index in [4.69, 9.17) is 17.3 Å². The number of hydrogen-bond donors (Lipinski definition) is 3. The highest BCUT2D eigenvalue weighted by atomic mass is 35.5. The predicted molar refractivity (Wildman–Crippen MR) is 91.0 cm³/mol. The highest BCUT2D eigenvalue weighted by molar-refractivity contribution is 6.31. The molecule has 0 saturated carbocycles. The number of carbonyl (C=O) groups is 1. The SMILES string of the molecule is NC(CO)(C(=O)O)C(Cc1cccc(C(F)(F)F)c1)c1ccccc1Cl. The second kappa shape index (κ2) is 7.65. The van der Waals surface area contributed by atoms with Crippen molar-refractivity contribution in [2.75, 3.05) is 6.61 Å². The highest BCUT2D eigenvalue weighted by Crippen LogP contribution is 2.36. The first-order valence-corrected chi connectivity index (χ1v) is 8.01. The van der Waals surface area contributed by atoms with E-state index in [0.29, 0.717) is 5.56 Å². The molecule has 0 spiro atoms. The molecule has 140 valence electrons. The summed E-state index contributed by atoms with van der Waals surface area (Å²) in [5.74, 6) is -2.51. The lowest BCUT2D eigenvalue weighted by Gasteiger charge is -2.33. The van der Waals surface area contributed by atoms with E-state index < -0.39 is 35.8 Å². The molecule has 0 aliphatic heterocycles. The monoisotopic (exact) mass is 387 g/mol. The fourth-order valence-electron chi connectivity index (χ4n) is 2.76. The van der Waals surface area contributed by atoms with E-state index in [0.717, 1.165) is 12.1 Å². The quantitative estimate of drug-likeness (QED) is 0.708. The molecule has 4 N–H and O–H groups in total. The van der Waals surface area contributed by atoms with E-state index in [-0.39, 0.29) is 17.0 Å². The zero-order valence-corrected chi connectivity index (χ0v) is 14.3. The molecular weight excluding hydrogens is 371 g/mol. The van der Waals surface area contributed by atoms with Crippen LogP contribution in [0, 0.1) is 0 Å². The first-order chi connectivity index (χ1) is 12.1. The van der Waals surface area contributed by atoms with Gasteiger partial charge >= 0.3 is 12.1 Å². The fourth-order valence-corrected chi connectivity index (χ4v) is 3.03. The van der Waals surface area contributed by atoms with Crippen molar-refractivity contribution in [1.29, 1.82) is 0 Å². The van der Waals surface area contributed by atoms with Crippen molar-refractivity contribution in [2.45, 2.75) is 24.1 Å². The molecule has 4 nitrogen and oxygen atoms in total. The molecule has 8 heteroatoms. The number of nitrogens with two attached hydrogens (primary N) is 1. The maximum atomic E-state index is 12.9. The summed E-state index contributed by atoms with van der Waals surface area (Å²) in [6, 6.07) is 10.8. The van der Waals surface area contributed by atoms with Gasteiger partial charge in [-0.1, -0.05) is 48.0 Å². The average Bonchev–Trinajstić information content (AvgIpc) is 2.59. The normalized spacial score (nSPS) is 15.3. The van der Waals surface area contributed by atoms with Gasteiger partial charge in [-0.2, -0.15) is 13.2 Å². The first kappa shape index (κ1) is 20.2. The van der Waals surface area contributed by atoms with Crippen molar-refractivity contribution in [3.8, 4) is 0 Å². The van der Waals surface area contributed by atoms with Gasteiger partial charge in [0.25, 0.3) is 0 Å². The van der Waals surface area contributed by atoms with Crippen LogP contribution in [-0.2, 0) is 17.4 Å². The molecule has 2 aromatic rings. The smallest absolute Gasteiger partial charge is 0.416 e. The Hall–Kier alpha value is -2.09. The number of rotatable bonds is 6.